The van der Waals surface area contributed by atoms with Gasteiger partial charge in [0.15, 0.2) is 12.6 Å². The van der Waals surface area contributed by atoms with Gasteiger partial charge >= 0.3 is 5.97 Å². The number of carbonyl (C=O) groups is 2. The second kappa shape index (κ2) is 13.4. The first-order chi connectivity index (χ1) is 23.7. The van der Waals surface area contributed by atoms with Gasteiger partial charge in [-0.2, -0.15) is 0 Å². The van der Waals surface area contributed by atoms with Crippen molar-refractivity contribution in [3.8, 4) is 0 Å². The van der Waals surface area contributed by atoms with Gasteiger partial charge in [0.2, 0.25) is 0 Å². The van der Waals surface area contributed by atoms with Gasteiger partial charge in [0.05, 0.1) is 30.5 Å². The number of hydrogen-bond donors (Lipinski definition) is 8. The van der Waals surface area contributed by atoms with E-state index in [9.17, 15) is 50.4 Å². The minimum Gasteiger partial charge on any atom is -0.458 e. The lowest BCUT2D eigenvalue weighted by molar-refractivity contribution is -0.360. The fourth-order valence-corrected chi connectivity index (χ4v) is 11.3. The van der Waals surface area contributed by atoms with E-state index < -0.39 is 109 Å². The van der Waals surface area contributed by atoms with Crippen LogP contribution in [0.5, 0.6) is 0 Å². The molecule has 0 spiro atoms. The molecule has 282 valence electrons. The van der Waals surface area contributed by atoms with Crippen molar-refractivity contribution in [1.29, 1.82) is 0 Å². The number of carbonyl (C=O) groups excluding carboxylic acids is 2. The summed E-state index contributed by atoms with van der Waals surface area (Å²) in [5.74, 6) is -1.20. The fourth-order valence-electron chi connectivity index (χ4n) is 11.3. The Hall–Kier alpha value is -1.60. The third kappa shape index (κ3) is 5.54. The number of rotatable bonds is 7. The third-order valence-corrected chi connectivity index (χ3v) is 13.9. The van der Waals surface area contributed by atoms with Crippen molar-refractivity contribution in [1.82, 2.24) is 0 Å². The zero-order valence-electron chi connectivity index (χ0n) is 28.4. The number of hydrogen-bond acceptors (Lipinski definition) is 15. The summed E-state index contributed by atoms with van der Waals surface area (Å²) in [4.78, 5) is 25.0. The Morgan fingerprint density at radius 2 is 1.62 bits per heavy atom. The number of aldehydes is 1. The van der Waals surface area contributed by atoms with Gasteiger partial charge in [-0.05, 0) is 75.2 Å². The maximum atomic E-state index is 13.1. The highest BCUT2D eigenvalue weighted by Crippen LogP contribution is 2.69. The van der Waals surface area contributed by atoms with Crippen LogP contribution >= 0.6 is 0 Å². The minimum atomic E-state index is -1.70. The molecule has 4 aliphatic carbocycles. The average molecular weight is 713 g/mol. The second-order valence-electron chi connectivity index (χ2n) is 16.2. The van der Waals surface area contributed by atoms with Gasteiger partial charge < -0.3 is 69.3 Å². The summed E-state index contributed by atoms with van der Waals surface area (Å²) in [5, 5.41) is 86.0. The van der Waals surface area contributed by atoms with E-state index in [0.717, 1.165) is 6.29 Å². The smallest absolute Gasteiger partial charge is 0.331 e. The second-order valence-corrected chi connectivity index (χ2v) is 16.2. The molecular weight excluding hydrogens is 660 g/mol. The molecule has 3 aliphatic heterocycles. The molecule has 0 aromatic carbocycles. The van der Waals surface area contributed by atoms with Crippen molar-refractivity contribution in [2.75, 3.05) is 13.2 Å². The van der Waals surface area contributed by atoms with Crippen LogP contribution in [0, 0.1) is 34.5 Å². The molecule has 15 heteroatoms. The van der Waals surface area contributed by atoms with Crippen molar-refractivity contribution in [3.63, 3.8) is 0 Å². The number of aliphatic hydroxyl groups excluding tert-OH is 7. The largest absolute Gasteiger partial charge is 0.458 e. The van der Waals surface area contributed by atoms with Gasteiger partial charge in [0, 0.05) is 29.2 Å². The molecule has 19 atom stereocenters. The molecule has 7 rings (SSSR count). The molecule has 3 heterocycles. The summed E-state index contributed by atoms with van der Waals surface area (Å²) < 4.78 is 28.5. The molecule has 9 unspecified atom stereocenters. The van der Waals surface area contributed by atoms with Crippen molar-refractivity contribution in [3.05, 3.63) is 11.6 Å². The molecule has 50 heavy (non-hydrogen) atoms. The number of fused-ring (bicyclic) bond motifs is 5. The first-order valence-corrected chi connectivity index (χ1v) is 18.1. The Bertz CT molecular complexity index is 1330. The minimum absolute atomic E-state index is 0.0519. The maximum absolute atomic E-state index is 13.1. The Morgan fingerprint density at radius 1 is 0.900 bits per heavy atom. The monoisotopic (exact) mass is 712 g/mol. The Balaban J connectivity index is 1.01. The molecular formula is C35H52O15. The molecule has 0 aromatic rings. The van der Waals surface area contributed by atoms with E-state index >= 15 is 0 Å². The molecule has 4 saturated carbocycles. The van der Waals surface area contributed by atoms with E-state index in [4.69, 9.17) is 23.7 Å². The van der Waals surface area contributed by atoms with Crippen LogP contribution in [0.2, 0.25) is 0 Å². The molecule has 15 nitrogen and oxygen atoms in total. The van der Waals surface area contributed by atoms with Crippen LogP contribution in [0.25, 0.3) is 0 Å². The summed E-state index contributed by atoms with van der Waals surface area (Å²) >= 11 is 0. The van der Waals surface area contributed by atoms with Crippen LogP contribution < -0.4 is 0 Å². The maximum Gasteiger partial charge on any atom is 0.331 e. The van der Waals surface area contributed by atoms with Crippen molar-refractivity contribution < 1.29 is 74.1 Å². The van der Waals surface area contributed by atoms with Gasteiger partial charge in [0.1, 0.15) is 55.6 Å². The standard InChI is InChI=1S/C35H52O15/c1-15-30(50-32-28(43)26(41)25(40)22(12-36)49-32)27(42)29(44)31(47-15)48-18-5-8-34(14-37)17(10-18)3-4-20-19(34)6-7-33(2)24(16-9-23(39)46-13-16)21(38)11-35(20,33)45/h9,14-15,17-22,24-32,36,38,40-45H,3-8,10-13H2,1-2H3/t15-,17?,18?,19?,20?,21?,22+,24?,25+,26-,27-,28+,29+,30-,31-,32-,33?,34?,35?/m0/s1. The summed E-state index contributed by atoms with van der Waals surface area (Å²) in [7, 11) is 0. The Labute approximate surface area is 290 Å². The third-order valence-electron chi connectivity index (χ3n) is 13.9. The lowest BCUT2D eigenvalue weighted by Gasteiger charge is -2.63. The normalized spacial score (nSPS) is 55.0. The summed E-state index contributed by atoms with van der Waals surface area (Å²) in [6, 6.07) is 0. The topological polar surface area (TPSA) is 242 Å². The van der Waals surface area contributed by atoms with Crippen molar-refractivity contribution in [2.45, 2.75) is 144 Å². The zero-order chi connectivity index (χ0) is 35.9. The van der Waals surface area contributed by atoms with Crippen LogP contribution in [0.3, 0.4) is 0 Å². The molecule has 2 saturated heterocycles. The first-order valence-electron chi connectivity index (χ1n) is 18.1. The summed E-state index contributed by atoms with van der Waals surface area (Å²) in [6.45, 7) is 3.05. The SMILES string of the molecule is C[C@@H]1O[C@@H](OC2CCC3(C=O)C(CCC4C3CCC3(C)C(C5=CC(=O)OC5)C(O)CC43O)C2)[C@H](O)[C@H](O)[C@H]1O[C@@H]1O[C@H](CO)[C@@H](O)[C@H](O)[C@H]1O. The summed E-state index contributed by atoms with van der Waals surface area (Å²) in [5.41, 5.74) is -1.88. The van der Waals surface area contributed by atoms with Crippen LogP contribution in [0.1, 0.15) is 65.2 Å². The van der Waals surface area contributed by atoms with E-state index in [0.29, 0.717) is 50.5 Å². The van der Waals surface area contributed by atoms with Gasteiger partial charge in [-0.1, -0.05) is 6.92 Å². The predicted octanol–water partition coefficient (Wildman–Crippen LogP) is -1.57. The highest BCUT2D eigenvalue weighted by atomic mass is 16.7. The van der Waals surface area contributed by atoms with Crippen LogP contribution in [0.4, 0.5) is 0 Å². The van der Waals surface area contributed by atoms with Crippen LogP contribution in [-0.4, -0.2) is 146 Å². The number of cyclic esters (lactones) is 1. The fraction of sp³-hybridized carbons (Fsp3) is 0.886. The number of ether oxygens (including phenoxy) is 5. The van der Waals surface area contributed by atoms with Gasteiger partial charge in [0.25, 0.3) is 0 Å². The molecule has 0 aromatic heterocycles. The molecule has 6 fully saturated rings. The van der Waals surface area contributed by atoms with E-state index in [-0.39, 0.29) is 30.8 Å². The van der Waals surface area contributed by atoms with Gasteiger partial charge in [-0.3, -0.25) is 0 Å². The number of aliphatic hydroxyl groups is 8. The van der Waals surface area contributed by atoms with E-state index in [1.807, 2.05) is 6.92 Å². The van der Waals surface area contributed by atoms with E-state index in [1.165, 1.54) is 6.08 Å². The first kappa shape index (κ1) is 36.7. The average Bonchev–Trinajstić information content (AvgIpc) is 3.60. The quantitative estimate of drug-likeness (QED) is 0.0845. The Kier molecular flexibility index (Phi) is 9.82. The number of esters is 1. The highest BCUT2D eigenvalue weighted by Gasteiger charge is 2.71. The van der Waals surface area contributed by atoms with Crippen molar-refractivity contribution >= 4 is 12.3 Å². The van der Waals surface area contributed by atoms with Gasteiger partial charge in [-0.25, -0.2) is 4.79 Å². The van der Waals surface area contributed by atoms with Crippen LogP contribution in [-0.2, 0) is 33.3 Å². The molecule has 0 amide bonds. The van der Waals surface area contributed by atoms with Crippen molar-refractivity contribution in [2.24, 2.45) is 34.5 Å². The lowest BCUT2D eigenvalue weighted by Crippen LogP contribution is -2.64. The lowest BCUT2D eigenvalue weighted by atomic mass is 9.43. The summed E-state index contributed by atoms with van der Waals surface area (Å²) in [6.07, 6.45) is -8.56. The van der Waals surface area contributed by atoms with E-state index in [2.05, 4.69) is 0 Å². The highest BCUT2D eigenvalue weighted by molar-refractivity contribution is 5.85. The molecule has 0 bridgehead atoms. The van der Waals surface area contributed by atoms with E-state index in [1.54, 1.807) is 6.92 Å². The Morgan fingerprint density at radius 3 is 2.30 bits per heavy atom. The predicted molar refractivity (Wildman–Crippen MR) is 167 cm³/mol. The molecule has 8 N–H and O–H groups in total. The zero-order valence-corrected chi connectivity index (χ0v) is 28.4. The van der Waals surface area contributed by atoms with Crippen LogP contribution in [0.15, 0.2) is 11.6 Å². The molecule has 7 aliphatic rings. The molecule has 0 radical (unpaired) electrons. The van der Waals surface area contributed by atoms with Gasteiger partial charge in [-0.15, -0.1) is 0 Å².